The molecule has 5 nitrogen and oxygen atoms in total. The second kappa shape index (κ2) is 6.16. The van der Waals surface area contributed by atoms with E-state index in [0.29, 0.717) is 12.2 Å². The van der Waals surface area contributed by atoms with Gasteiger partial charge in [0.05, 0.1) is 11.8 Å². The molecule has 3 rings (SSSR count). The van der Waals surface area contributed by atoms with Crippen LogP contribution in [0.1, 0.15) is 18.4 Å². The summed E-state index contributed by atoms with van der Waals surface area (Å²) in [6.07, 6.45) is -0.344. The molecule has 1 fully saturated rings. The van der Waals surface area contributed by atoms with Crippen molar-refractivity contribution in [3.05, 3.63) is 35.4 Å². The van der Waals surface area contributed by atoms with E-state index >= 15 is 0 Å². The van der Waals surface area contributed by atoms with Crippen LogP contribution >= 0.6 is 11.8 Å². The number of halogens is 2. The van der Waals surface area contributed by atoms with Crippen molar-refractivity contribution in [3.8, 4) is 6.07 Å². The number of carbonyl (C=O) groups excluding carboxylic acids is 1. The van der Waals surface area contributed by atoms with Crippen LogP contribution in [0.25, 0.3) is 0 Å². The lowest BCUT2D eigenvalue weighted by molar-refractivity contribution is -0.132. The monoisotopic (exact) mass is 337 g/mol. The van der Waals surface area contributed by atoms with Crippen molar-refractivity contribution in [1.82, 2.24) is 5.32 Å². The second-order valence-corrected chi connectivity index (χ2v) is 6.55. The number of nitrogens with zero attached hydrogens (tertiary/aromatic N) is 2. The Kier molecular flexibility index (Phi) is 4.22. The molecule has 0 spiro atoms. The highest BCUT2D eigenvalue weighted by Crippen LogP contribution is 2.28. The number of carbonyl (C=O) groups is 1. The molecule has 8 heteroatoms. The number of nitriles is 1. The minimum absolute atomic E-state index is 0.0216. The highest BCUT2D eigenvalue weighted by Gasteiger charge is 2.40. The molecule has 1 N–H and O–H groups in total. The van der Waals surface area contributed by atoms with E-state index in [0.717, 1.165) is 24.0 Å². The van der Waals surface area contributed by atoms with Gasteiger partial charge in [-0.3, -0.25) is 4.79 Å². The van der Waals surface area contributed by atoms with E-state index in [2.05, 4.69) is 16.5 Å². The summed E-state index contributed by atoms with van der Waals surface area (Å²) in [6.45, 7) is 0. The second-order valence-electron chi connectivity index (χ2n) is 5.45. The maximum Gasteiger partial charge on any atom is 0.265 e. The van der Waals surface area contributed by atoms with Crippen LogP contribution in [-0.2, 0) is 9.63 Å². The van der Waals surface area contributed by atoms with E-state index in [1.54, 1.807) is 11.8 Å². The lowest BCUT2D eigenvalue weighted by atomic mass is 9.99. The molecule has 1 amide bonds. The van der Waals surface area contributed by atoms with Gasteiger partial charge in [-0.1, -0.05) is 5.16 Å². The Morgan fingerprint density at radius 1 is 1.52 bits per heavy atom. The summed E-state index contributed by atoms with van der Waals surface area (Å²) in [5.74, 6) is -0.368. The summed E-state index contributed by atoms with van der Waals surface area (Å²) in [6, 6.07) is 5.16. The molecule has 1 saturated heterocycles. The first-order valence-electron chi connectivity index (χ1n) is 7.02. The van der Waals surface area contributed by atoms with Crippen LogP contribution in [0.4, 0.5) is 8.78 Å². The van der Waals surface area contributed by atoms with Crippen LogP contribution in [0.2, 0.25) is 0 Å². The third-order valence-corrected chi connectivity index (χ3v) is 4.99. The predicted octanol–water partition coefficient (Wildman–Crippen LogP) is 1.97. The van der Waals surface area contributed by atoms with E-state index in [9.17, 15) is 18.8 Å². The quantitative estimate of drug-likeness (QED) is 0.915. The molecule has 23 heavy (non-hydrogen) atoms. The van der Waals surface area contributed by atoms with Crippen molar-refractivity contribution in [3.63, 3.8) is 0 Å². The van der Waals surface area contributed by atoms with E-state index in [4.69, 9.17) is 4.84 Å². The van der Waals surface area contributed by atoms with E-state index in [1.807, 2.05) is 0 Å². The van der Waals surface area contributed by atoms with Crippen molar-refractivity contribution in [1.29, 1.82) is 5.26 Å². The molecule has 2 atom stereocenters. The first-order chi connectivity index (χ1) is 11.0. The predicted molar refractivity (Wildman–Crippen MR) is 80.8 cm³/mol. The first-order valence-corrected chi connectivity index (χ1v) is 8.18. The third-order valence-electron chi connectivity index (χ3n) is 3.80. The average Bonchev–Trinajstić information content (AvgIpc) is 3.19. The molecule has 120 valence electrons. The zero-order chi connectivity index (χ0) is 16.4. The molecule has 0 radical (unpaired) electrons. The van der Waals surface area contributed by atoms with Gasteiger partial charge in [0.2, 0.25) is 6.10 Å². The average molecular weight is 337 g/mol. The number of oxime groups is 1. The zero-order valence-corrected chi connectivity index (χ0v) is 12.8. The molecule has 0 aromatic heterocycles. The smallest absolute Gasteiger partial charge is 0.265 e. The van der Waals surface area contributed by atoms with Crippen molar-refractivity contribution in [2.24, 2.45) is 5.16 Å². The standard InChI is InChI=1S/C15H13F2N3O2S/c16-9-1-2-11(17)10(5-9)12-6-13(22-20-12)14(21)19-15(7-18)3-4-23-8-15/h1-2,5,13H,3-4,6,8H2,(H,19,21)/t13-,15-/m1/s1. The van der Waals surface area contributed by atoms with Crippen LogP contribution in [-0.4, -0.2) is 34.8 Å². The zero-order valence-electron chi connectivity index (χ0n) is 12.0. The molecule has 0 unspecified atom stereocenters. The summed E-state index contributed by atoms with van der Waals surface area (Å²) < 4.78 is 27.0. The molecule has 0 saturated carbocycles. The van der Waals surface area contributed by atoms with Crippen LogP contribution in [0.3, 0.4) is 0 Å². The lowest BCUT2D eigenvalue weighted by Gasteiger charge is -2.22. The van der Waals surface area contributed by atoms with E-state index in [-0.39, 0.29) is 17.7 Å². The summed E-state index contributed by atoms with van der Waals surface area (Å²) in [5, 5.41) is 15.7. The highest BCUT2D eigenvalue weighted by atomic mass is 32.2. The van der Waals surface area contributed by atoms with Crippen LogP contribution in [0, 0.1) is 23.0 Å². The maximum atomic E-state index is 13.7. The van der Waals surface area contributed by atoms with Crippen molar-refractivity contribution < 1.29 is 18.4 Å². The van der Waals surface area contributed by atoms with Gasteiger partial charge in [-0.25, -0.2) is 8.78 Å². The van der Waals surface area contributed by atoms with Crippen molar-refractivity contribution >= 4 is 23.4 Å². The Morgan fingerprint density at radius 3 is 3.04 bits per heavy atom. The van der Waals surface area contributed by atoms with Gasteiger partial charge in [0.1, 0.15) is 17.2 Å². The SMILES string of the molecule is N#C[C@]1(NC(=O)[C@H]2CC(c3cc(F)ccc3F)=NO2)CCSC1. The van der Waals surface area contributed by atoms with Gasteiger partial charge in [0.25, 0.3) is 5.91 Å². The summed E-state index contributed by atoms with van der Waals surface area (Å²) in [7, 11) is 0. The topological polar surface area (TPSA) is 74.5 Å². The van der Waals surface area contributed by atoms with Gasteiger partial charge in [-0.05, 0) is 30.4 Å². The lowest BCUT2D eigenvalue weighted by Crippen LogP contribution is -2.51. The molecule has 2 aliphatic rings. The Hall–Kier alpha value is -2.14. The third kappa shape index (κ3) is 3.15. The molecule has 0 aliphatic carbocycles. The number of rotatable bonds is 3. The Labute approximate surface area is 135 Å². The van der Waals surface area contributed by atoms with Gasteiger partial charge in [-0.15, -0.1) is 0 Å². The number of hydrogen-bond acceptors (Lipinski definition) is 5. The Bertz CT molecular complexity index is 711. The number of thioether (sulfide) groups is 1. The summed E-state index contributed by atoms with van der Waals surface area (Å²) in [5.41, 5.74) is -0.738. The molecule has 1 aromatic carbocycles. The highest BCUT2D eigenvalue weighted by molar-refractivity contribution is 7.99. The summed E-state index contributed by atoms with van der Waals surface area (Å²) >= 11 is 1.59. The number of nitrogens with one attached hydrogen (secondary N) is 1. The van der Waals surface area contributed by atoms with Gasteiger partial charge in [0.15, 0.2) is 0 Å². The molecular formula is C15H13F2N3O2S. The number of benzene rings is 1. The van der Waals surface area contributed by atoms with E-state index in [1.165, 1.54) is 0 Å². The normalized spacial score (nSPS) is 26.3. The first kappa shape index (κ1) is 15.7. The molecule has 0 bridgehead atoms. The fourth-order valence-electron chi connectivity index (χ4n) is 2.49. The minimum Gasteiger partial charge on any atom is -0.382 e. The molecule has 1 aromatic rings. The molecule has 2 heterocycles. The van der Waals surface area contributed by atoms with E-state index < -0.39 is 29.2 Å². The van der Waals surface area contributed by atoms with Gasteiger partial charge < -0.3 is 10.2 Å². The fourth-order valence-corrected chi connectivity index (χ4v) is 3.76. The Balaban J connectivity index is 1.68. The Morgan fingerprint density at radius 2 is 2.35 bits per heavy atom. The maximum absolute atomic E-state index is 13.7. The van der Waals surface area contributed by atoms with Gasteiger partial charge in [0, 0.05) is 17.7 Å². The largest absolute Gasteiger partial charge is 0.382 e. The van der Waals surface area contributed by atoms with Crippen LogP contribution in [0.15, 0.2) is 23.4 Å². The van der Waals surface area contributed by atoms with Gasteiger partial charge in [-0.2, -0.15) is 17.0 Å². The number of hydrogen-bond donors (Lipinski definition) is 1. The summed E-state index contributed by atoms with van der Waals surface area (Å²) in [4.78, 5) is 17.3. The van der Waals surface area contributed by atoms with Crippen molar-refractivity contribution in [2.45, 2.75) is 24.5 Å². The minimum atomic E-state index is -0.941. The molecule has 2 aliphatic heterocycles. The van der Waals surface area contributed by atoms with Crippen molar-refractivity contribution in [2.75, 3.05) is 11.5 Å². The fraction of sp³-hybridized carbons (Fsp3) is 0.400. The van der Waals surface area contributed by atoms with Crippen LogP contribution < -0.4 is 5.32 Å². The molecular weight excluding hydrogens is 324 g/mol. The number of amides is 1. The van der Waals surface area contributed by atoms with Gasteiger partial charge >= 0.3 is 0 Å². The van der Waals surface area contributed by atoms with Crippen LogP contribution in [0.5, 0.6) is 0 Å².